The molecule has 5 nitrogen and oxygen atoms in total. The van der Waals surface area contributed by atoms with E-state index < -0.39 is 0 Å². The molecule has 0 N–H and O–H groups in total. The molecule has 2 heterocycles. The monoisotopic (exact) mass is 355 g/mol. The molecule has 0 aliphatic heterocycles. The van der Waals surface area contributed by atoms with E-state index in [0.29, 0.717) is 11.2 Å². The van der Waals surface area contributed by atoms with Gasteiger partial charge in [0.05, 0.1) is 18.7 Å². The molecule has 5 heteroatoms. The predicted molar refractivity (Wildman–Crippen MR) is 107 cm³/mol. The van der Waals surface area contributed by atoms with Crippen LogP contribution in [0.25, 0.3) is 28.7 Å². The number of aromatic nitrogens is 3. The van der Waals surface area contributed by atoms with Crippen molar-refractivity contribution < 1.29 is 4.74 Å². The average Bonchev–Trinajstić information content (AvgIpc) is 2.73. The summed E-state index contributed by atoms with van der Waals surface area (Å²) < 4.78 is 6.48. The summed E-state index contributed by atoms with van der Waals surface area (Å²) >= 11 is 0. The summed E-state index contributed by atoms with van der Waals surface area (Å²) in [5.74, 6) is 1.33. The van der Waals surface area contributed by atoms with E-state index in [1.165, 1.54) is 4.68 Å². The van der Waals surface area contributed by atoms with Crippen molar-refractivity contribution in [3.05, 3.63) is 94.5 Å². The third kappa shape index (κ3) is 3.48. The maximum atomic E-state index is 12.7. The van der Waals surface area contributed by atoms with E-state index in [1.54, 1.807) is 31.6 Å². The van der Waals surface area contributed by atoms with Crippen LogP contribution >= 0.6 is 0 Å². The van der Waals surface area contributed by atoms with E-state index in [4.69, 9.17) is 4.74 Å². The number of pyridine rings is 1. The van der Waals surface area contributed by atoms with Crippen LogP contribution in [0.4, 0.5) is 0 Å². The molecule has 0 spiro atoms. The minimum atomic E-state index is -0.183. The SMILES string of the molecule is COc1ccc(/C=C/c2ccc3c(=O)n(-c4ccccn4)ncc3c2)cc1. The zero-order valence-electron chi connectivity index (χ0n) is 14.7. The molecule has 0 saturated carbocycles. The van der Waals surface area contributed by atoms with Gasteiger partial charge in [0.25, 0.3) is 5.56 Å². The molecule has 27 heavy (non-hydrogen) atoms. The van der Waals surface area contributed by atoms with Gasteiger partial charge in [0, 0.05) is 11.6 Å². The summed E-state index contributed by atoms with van der Waals surface area (Å²) in [6.07, 6.45) is 7.35. The molecule has 0 aliphatic rings. The van der Waals surface area contributed by atoms with E-state index in [2.05, 4.69) is 10.1 Å². The molecular weight excluding hydrogens is 338 g/mol. The number of rotatable bonds is 4. The fourth-order valence-corrected chi connectivity index (χ4v) is 2.82. The van der Waals surface area contributed by atoms with Crippen molar-refractivity contribution in [1.29, 1.82) is 0 Å². The minimum absolute atomic E-state index is 0.183. The Bertz CT molecular complexity index is 1160. The second kappa shape index (κ2) is 7.25. The highest BCUT2D eigenvalue weighted by Gasteiger charge is 2.06. The number of fused-ring (bicyclic) bond motifs is 1. The Morgan fingerprint density at radius 3 is 2.48 bits per heavy atom. The molecule has 0 amide bonds. The van der Waals surface area contributed by atoms with Crippen molar-refractivity contribution >= 4 is 22.9 Å². The smallest absolute Gasteiger partial charge is 0.280 e. The molecule has 0 aliphatic carbocycles. The lowest BCUT2D eigenvalue weighted by atomic mass is 10.1. The third-order valence-corrected chi connectivity index (χ3v) is 4.26. The predicted octanol–water partition coefficient (Wildman–Crippen LogP) is 3.96. The van der Waals surface area contributed by atoms with Crippen LogP contribution in [-0.4, -0.2) is 21.9 Å². The highest BCUT2D eigenvalue weighted by atomic mass is 16.5. The molecule has 0 atom stereocenters. The Morgan fingerprint density at radius 1 is 0.963 bits per heavy atom. The second-order valence-corrected chi connectivity index (χ2v) is 6.00. The summed E-state index contributed by atoms with van der Waals surface area (Å²) in [5.41, 5.74) is 1.88. The van der Waals surface area contributed by atoms with Gasteiger partial charge < -0.3 is 4.74 Å². The normalized spacial score (nSPS) is 11.1. The van der Waals surface area contributed by atoms with Crippen LogP contribution in [0.3, 0.4) is 0 Å². The molecule has 0 fully saturated rings. The quantitative estimate of drug-likeness (QED) is 0.520. The van der Waals surface area contributed by atoms with E-state index in [0.717, 1.165) is 22.3 Å². The Balaban J connectivity index is 1.66. The van der Waals surface area contributed by atoms with Gasteiger partial charge in [-0.2, -0.15) is 9.78 Å². The van der Waals surface area contributed by atoms with E-state index >= 15 is 0 Å². The van der Waals surface area contributed by atoms with Gasteiger partial charge in [0.15, 0.2) is 5.82 Å². The van der Waals surface area contributed by atoms with Crippen LogP contribution in [0.2, 0.25) is 0 Å². The Hall–Kier alpha value is -3.73. The Kier molecular flexibility index (Phi) is 4.49. The van der Waals surface area contributed by atoms with Crippen molar-refractivity contribution in [3.63, 3.8) is 0 Å². The summed E-state index contributed by atoms with van der Waals surface area (Å²) in [6.45, 7) is 0. The number of hydrogen-bond acceptors (Lipinski definition) is 4. The fraction of sp³-hybridized carbons (Fsp3) is 0.0455. The van der Waals surface area contributed by atoms with Crippen LogP contribution in [0.15, 0.2) is 77.9 Å². The molecule has 0 bridgehead atoms. The lowest BCUT2D eigenvalue weighted by Gasteiger charge is -2.05. The van der Waals surface area contributed by atoms with Crippen LogP contribution in [0.5, 0.6) is 5.75 Å². The summed E-state index contributed by atoms with van der Waals surface area (Å²) in [4.78, 5) is 16.9. The lowest BCUT2D eigenvalue weighted by Crippen LogP contribution is -2.21. The summed E-state index contributed by atoms with van der Waals surface area (Å²) in [5, 5.41) is 5.66. The van der Waals surface area contributed by atoms with Crippen LogP contribution in [0, 0.1) is 0 Å². The number of methoxy groups -OCH3 is 1. The highest BCUT2D eigenvalue weighted by molar-refractivity contribution is 5.84. The van der Waals surface area contributed by atoms with Crippen molar-refractivity contribution in [1.82, 2.24) is 14.8 Å². The molecule has 0 unspecified atom stereocenters. The molecule has 2 aromatic heterocycles. The standard InChI is InChI=1S/C22H17N3O2/c1-27-19-10-7-16(8-11-19)5-6-17-9-12-20-18(14-17)15-24-25(22(20)26)21-4-2-3-13-23-21/h2-15H,1H3/b6-5+. The van der Waals surface area contributed by atoms with E-state index in [-0.39, 0.29) is 5.56 Å². The van der Waals surface area contributed by atoms with Crippen molar-refractivity contribution in [2.75, 3.05) is 7.11 Å². The topological polar surface area (TPSA) is 57.0 Å². The zero-order chi connectivity index (χ0) is 18.6. The molecule has 132 valence electrons. The van der Waals surface area contributed by atoms with Gasteiger partial charge in [0.1, 0.15) is 5.75 Å². The Morgan fingerprint density at radius 2 is 1.74 bits per heavy atom. The molecule has 2 aromatic carbocycles. The number of benzene rings is 2. The van der Waals surface area contributed by atoms with Gasteiger partial charge in [-0.3, -0.25) is 4.79 Å². The van der Waals surface area contributed by atoms with Gasteiger partial charge in [-0.1, -0.05) is 36.4 Å². The van der Waals surface area contributed by atoms with Gasteiger partial charge in [-0.05, 0) is 47.5 Å². The van der Waals surface area contributed by atoms with Crippen LogP contribution in [-0.2, 0) is 0 Å². The number of nitrogens with zero attached hydrogens (tertiary/aromatic N) is 3. The van der Waals surface area contributed by atoms with Crippen molar-refractivity contribution in [2.24, 2.45) is 0 Å². The molecule has 0 radical (unpaired) electrons. The Labute approximate surface area is 156 Å². The van der Waals surface area contributed by atoms with Crippen LogP contribution in [0.1, 0.15) is 11.1 Å². The first-order valence-electron chi connectivity index (χ1n) is 8.50. The summed E-state index contributed by atoms with van der Waals surface area (Å²) in [7, 11) is 1.65. The molecule has 0 saturated heterocycles. The number of ether oxygens (including phenoxy) is 1. The zero-order valence-corrected chi connectivity index (χ0v) is 14.7. The maximum Gasteiger partial charge on any atom is 0.280 e. The maximum absolute atomic E-state index is 12.7. The minimum Gasteiger partial charge on any atom is -0.497 e. The van der Waals surface area contributed by atoms with Crippen molar-refractivity contribution in [2.45, 2.75) is 0 Å². The first-order chi connectivity index (χ1) is 13.2. The molecule has 4 rings (SSSR count). The second-order valence-electron chi connectivity index (χ2n) is 6.00. The first-order valence-corrected chi connectivity index (χ1v) is 8.50. The van der Waals surface area contributed by atoms with Gasteiger partial charge in [-0.15, -0.1) is 0 Å². The number of hydrogen-bond donors (Lipinski definition) is 0. The van der Waals surface area contributed by atoms with Crippen molar-refractivity contribution in [3.8, 4) is 11.6 Å². The van der Waals surface area contributed by atoms with Gasteiger partial charge in [-0.25, -0.2) is 4.98 Å². The highest BCUT2D eigenvalue weighted by Crippen LogP contribution is 2.17. The summed E-state index contributed by atoms with van der Waals surface area (Å²) in [6, 6.07) is 18.9. The fourth-order valence-electron chi connectivity index (χ4n) is 2.82. The average molecular weight is 355 g/mol. The van der Waals surface area contributed by atoms with E-state index in [1.807, 2.05) is 60.7 Å². The molecular formula is C22H17N3O2. The van der Waals surface area contributed by atoms with Crippen LogP contribution < -0.4 is 10.3 Å². The lowest BCUT2D eigenvalue weighted by molar-refractivity contribution is 0.415. The first kappa shape index (κ1) is 16.7. The van der Waals surface area contributed by atoms with Gasteiger partial charge >= 0.3 is 0 Å². The molecule has 4 aromatic rings. The third-order valence-electron chi connectivity index (χ3n) is 4.26. The van der Waals surface area contributed by atoms with Gasteiger partial charge in [0.2, 0.25) is 0 Å². The largest absolute Gasteiger partial charge is 0.497 e. The van der Waals surface area contributed by atoms with E-state index in [9.17, 15) is 4.79 Å².